The van der Waals surface area contributed by atoms with Gasteiger partial charge in [-0.25, -0.2) is 4.39 Å². The Bertz CT molecular complexity index is 1090. The summed E-state index contributed by atoms with van der Waals surface area (Å²) in [6.45, 7) is 1.58. The van der Waals surface area contributed by atoms with Crippen LogP contribution in [0.1, 0.15) is 33.1 Å². The number of rotatable bonds is 7. The first kappa shape index (κ1) is 21.8. The third-order valence-electron chi connectivity index (χ3n) is 5.94. The molecule has 3 aromatic rings. The fourth-order valence-electron chi connectivity index (χ4n) is 4.23. The van der Waals surface area contributed by atoms with Gasteiger partial charge in [-0.15, -0.1) is 0 Å². The maximum absolute atomic E-state index is 14.4. The number of nitrogens with zero attached hydrogens (tertiary/aromatic N) is 1. The summed E-state index contributed by atoms with van der Waals surface area (Å²) in [4.78, 5) is 14.9. The van der Waals surface area contributed by atoms with Crippen LogP contribution in [0.3, 0.4) is 0 Å². The Balaban J connectivity index is 1.64. The van der Waals surface area contributed by atoms with E-state index in [1.807, 2.05) is 36.4 Å². The molecule has 166 valence electrons. The van der Waals surface area contributed by atoms with Crippen LogP contribution in [-0.4, -0.2) is 38.1 Å². The number of carbonyl (C=O) groups excluding carboxylic acids is 1. The number of hydrogen-bond donors (Lipinski definition) is 1. The van der Waals surface area contributed by atoms with E-state index in [0.29, 0.717) is 35.7 Å². The van der Waals surface area contributed by atoms with Crippen molar-refractivity contribution in [3.8, 4) is 11.5 Å². The summed E-state index contributed by atoms with van der Waals surface area (Å²) in [7, 11) is 3.23. The van der Waals surface area contributed by atoms with Gasteiger partial charge in [-0.05, 0) is 47.9 Å². The van der Waals surface area contributed by atoms with Gasteiger partial charge in [0.05, 0.1) is 20.3 Å². The monoisotopic (exact) mass is 434 g/mol. The van der Waals surface area contributed by atoms with Crippen LogP contribution >= 0.6 is 0 Å². The first-order valence-electron chi connectivity index (χ1n) is 10.7. The molecular formula is C26H27FN2O3. The SMILES string of the molecule is COc1cc2c(cc1OC)[C@@H](CNC(=O)c1ccccc1)N(Cc1ccccc1F)CC2. The zero-order valence-corrected chi connectivity index (χ0v) is 18.3. The predicted octanol–water partition coefficient (Wildman–Crippen LogP) is 4.37. The Morgan fingerprint density at radius 2 is 1.72 bits per heavy atom. The van der Waals surface area contributed by atoms with Crippen molar-refractivity contribution in [3.63, 3.8) is 0 Å². The van der Waals surface area contributed by atoms with Gasteiger partial charge in [0.25, 0.3) is 5.91 Å². The molecule has 1 N–H and O–H groups in total. The summed E-state index contributed by atoms with van der Waals surface area (Å²) in [6, 6.07) is 19.8. The first-order chi connectivity index (χ1) is 15.6. The van der Waals surface area contributed by atoms with Gasteiger partial charge >= 0.3 is 0 Å². The van der Waals surface area contributed by atoms with E-state index in [1.165, 1.54) is 6.07 Å². The standard InChI is InChI=1S/C26H27FN2O3/c1-31-24-14-19-12-13-29(17-20-10-6-7-11-22(20)27)23(21(19)15-25(24)32-2)16-28-26(30)18-8-4-3-5-9-18/h3-11,14-15,23H,12-13,16-17H2,1-2H3,(H,28,30)/t23-/m1/s1. The summed E-state index contributed by atoms with van der Waals surface area (Å²) in [5.41, 5.74) is 3.44. The van der Waals surface area contributed by atoms with Crippen LogP contribution in [-0.2, 0) is 13.0 Å². The molecule has 32 heavy (non-hydrogen) atoms. The Labute approximate surface area is 187 Å². The number of methoxy groups -OCH3 is 2. The molecule has 1 atom stereocenters. The first-order valence-corrected chi connectivity index (χ1v) is 10.7. The topological polar surface area (TPSA) is 50.8 Å². The maximum Gasteiger partial charge on any atom is 0.251 e. The minimum Gasteiger partial charge on any atom is -0.493 e. The van der Waals surface area contributed by atoms with Crippen LogP contribution in [0.2, 0.25) is 0 Å². The van der Waals surface area contributed by atoms with Crippen LogP contribution in [0.4, 0.5) is 4.39 Å². The van der Waals surface area contributed by atoms with Crippen molar-refractivity contribution in [2.45, 2.75) is 19.0 Å². The quantitative estimate of drug-likeness (QED) is 0.600. The van der Waals surface area contributed by atoms with Gasteiger partial charge in [-0.2, -0.15) is 0 Å². The van der Waals surface area contributed by atoms with Gasteiger partial charge in [0.2, 0.25) is 0 Å². The fourth-order valence-corrected chi connectivity index (χ4v) is 4.23. The minimum absolute atomic E-state index is 0.133. The van der Waals surface area contributed by atoms with E-state index in [4.69, 9.17) is 9.47 Å². The van der Waals surface area contributed by atoms with E-state index in [1.54, 1.807) is 38.5 Å². The molecule has 1 heterocycles. The lowest BCUT2D eigenvalue weighted by atomic mass is 9.91. The maximum atomic E-state index is 14.4. The molecule has 1 amide bonds. The number of nitrogens with one attached hydrogen (secondary N) is 1. The molecule has 1 aliphatic rings. The summed E-state index contributed by atoms with van der Waals surface area (Å²) >= 11 is 0. The number of carbonyl (C=O) groups is 1. The normalized spacial score (nSPS) is 15.7. The molecular weight excluding hydrogens is 407 g/mol. The second-order valence-corrected chi connectivity index (χ2v) is 7.81. The third kappa shape index (κ3) is 4.60. The molecule has 3 aromatic carbocycles. The van der Waals surface area contributed by atoms with Crippen molar-refractivity contribution >= 4 is 5.91 Å². The Morgan fingerprint density at radius 3 is 2.44 bits per heavy atom. The molecule has 0 radical (unpaired) electrons. The number of halogens is 1. The highest BCUT2D eigenvalue weighted by atomic mass is 19.1. The molecule has 0 unspecified atom stereocenters. The van der Waals surface area contributed by atoms with E-state index in [-0.39, 0.29) is 17.8 Å². The Hall–Kier alpha value is -3.38. The molecule has 0 spiro atoms. The van der Waals surface area contributed by atoms with Crippen LogP contribution < -0.4 is 14.8 Å². The highest BCUT2D eigenvalue weighted by molar-refractivity contribution is 5.94. The molecule has 0 fully saturated rings. The lowest BCUT2D eigenvalue weighted by Gasteiger charge is -2.38. The Morgan fingerprint density at radius 1 is 1.03 bits per heavy atom. The molecule has 6 heteroatoms. The average molecular weight is 435 g/mol. The molecule has 0 bridgehead atoms. The van der Waals surface area contributed by atoms with Crippen LogP contribution in [0.5, 0.6) is 11.5 Å². The smallest absolute Gasteiger partial charge is 0.251 e. The van der Waals surface area contributed by atoms with Crippen molar-refractivity contribution in [3.05, 3.63) is 94.8 Å². The Kier molecular flexibility index (Phi) is 6.71. The summed E-state index contributed by atoms with van der Waals surface area (Å²) < 4.78 is 25.4. The lowest BCUT2D eigenvalue weighted by molar-refractivity contribution is 0.0925. The summed E-state index contributed by atoms with van der Waals surface area (Å²) in [5, 5.41) is 3.06. The van der Waals surface area contributed by atoms with E-state index >= 15 is 0 Å². The molecule has 0 saturated carbocycles. The van der Waals surface area contributed by atoms with Gasteiger partial charge in [0.15, 0.2) is 11.5 Å². The van der Waals surface area contributed by atoms with E-state index < -0.39 is 0 Å². The van der Waals surface area contributed by atoms with E-state index in [2.05, 4.69) is 10.2 Å². The second kappa shape index (κ2) is 9.83. The minimum atomic E-state index is -0.224. The van der Waals surface area contributed by atoms with Gasteiger partial charge in [0, 0.05) is 30.8 Å². The molecule has 0 aromatic heterocycles. The zero-order chi connectivity index (χ0) is 22.5. The van der Waals surface area contributed by atoms with Crippen LogP contribution in [0.15, 0.2) is 66.7 Å². The van der Waals surface area contributed by atoms with Crippen molar-refractivity contribution < 1.29 is 18.7 Å². The highest BCUT2D eigenvalue weighted by Gasteiger charge is 2.30. The average Bonchev–Trinajstić information content (AvgIpc) is 2.84. The van der Waals surface area contributed by atoms with Crippen molar-refractivity contribution in [2.24, 2.45) is 0 Å². The van der Waals surface area contributed by atoms with Gasteiger partial charge in [-0.3, -0.25) is 9.69 Å². The van der Waals surface area contributed by atoms with Crippen molar-refractivity contribution in [2.75, 3.05) is 27.3 Å². The van der Waals surface area contributed by atoms with E-state index in [0.717, 1.165) is 24.1 Å². The van der Waals surface area contributed by atoms with Gasteiger partial charge in [-0.1, -0.05) is 36.4 Å². The molecule has 0 saturated heterocycles. The second-order valence-electron chi connectivity index (χ2n) is 7.81. The van der Waals surface area contributed by atoms with Gasteiger partial charge in [0.1, 0.15) is 5.82 Å². The number of benzene rings is 3. The van der Waals surface area contributed by atoms with Crippen molar-refractivity contribution in [1.82, 2.24) is 10.2 Å². The van der Waals surface area contributed by atoms with Crippen molar-refractivity contribution in [1.29, 1.82) is 0 Å². The predicted molar refractivity (Wildman–Crippen MR) is 122 cm³/mol. The third-order valence-corrected chi connectivity index (χ3v) is 5.94. The molecule has 1 aliphatic heterocycles. The van der Waals surface area contributed by atoms with Crippen LogP contribution in [0, 0.1) is 5.82 Å². The van der Waals surface area contributed by atoms with E-state index in [9.17, 15) is 9.18 Å². The summed E-state index contributed by atoms with van der Waals surface area (Å²) in [5.74, 6) is 0.959. The number of amides is 1. The molecule has 0 aliphatic carbocycles. The number of hydrogen-bond acceptors (Lipinski definition) is 4. The van der Waals surface area contributed by atoms with Gasteiger partial charge < -0.3 is 14.8 Å². The highest BCUT2D eigenvalue weighted by Crippen LogP contribution is 2.38. The summed E-state index contributed by atoms with van der Waals surface area (Å²) in [6.07, 6.45) is 0.799. The molecule has 5 nitrogen and oxygen atoms in total. The number of ether oxygens (including phenoxy) is 2. The largest absolute Gasteiger partial charge is 0.493 e. The van der Waals surface area contributed by atoms with Crippen LogP contribution in [0.25, 0.3) is 0 Å². The zero-order valence-electron chi connectivity index (χ0n) is 18.3. The fraction of sp³-hybridized carbons (Fsp3) is 0.269. The number of fused-ring (bicyclic) bond motifs is 1. The lowest BCUT2D eigenvalue weighted by Crippen LogP contribution is -2.42. The molecule has 4 rings (SSSR count).